The summed E-state index contributed by atoms with van der Waals surface area (Å²) in [5.74, 6) is 0.384. The van der Waals surface area contributed by atoms with E-state index in [0.717, 1.165) is 11.1 Å². The molecule has 0 amide bonds. The van der Waals surface area contributed by atoms with E-state index in [4.69, 9.17) is 52.1 Å². The van der Waals surface area contributed by atoms with Crippen molar-refractivity contribution >= 4 is 63.4 Å². The molecule has 3 rings (SSSR count). The van der Waals surface area contributed by atoms with E-state index >= 15 is 0 Å². The van der Waals surface area contributed by atoms with Crippen molar-refractivity contribution in [2.75, 3.05) is 5.73 Å². The number of fused-ring (bicyclic) bond motifs is 1. The maximum absolute atomic E-state index is 6.07. The van der Waals surface area contributed by atoms with Crippen LogP contribution in [0.1, 0.15) is 5.56 Å². The minimum Gasteiger partial charge on any atom is -0.369 e. The van der Waals surface area contributed by atoms with Crippen LogP contribution in [0.25, 0.3) is 11.0 Å². The molecule has 1 aromatic heterocycles. The molecule has 0 fully saturated rings. The van der Waals surface area contributed by atoms with Gasteiger partial charge in [-0.1, -0.05) is 52.5 Å². The molecule has 3 aromatic rings. The lowest BCUT2D eigenvalue weighted by Gasteiger charge is -2.08. The average Bonchev–Trinajstić information content (AvgIpc) is 2.71. The van der Waals surface area contributed by atoms with Gasteiger partial charge in [0.2, 0.25) is 5.95 Å². The molecule has 0 unspecified atom stereocenters. The van der Waals surface area contributed by atoms with E-state index in [1.807, 2.05) is 10.6 Å². The lowest BCUT2D eigenvalue weighted by atomic mass is 10.2. The first-order valence-electron chi connectivity index (χ1n) is 6.00. The van der Waals surface area contributed by atoms with Crippen LogP contribution in [-0.2, 0) is 6.54 Å². The van der Waals surface area contributed by atoms with Gasteiger partial charge in [0.1, 0.15) is 0 Å². The van der Waals surface area contributed by atoms with Crippen molar-refractivity contribution in [3.05, 3.63) is 56.0 Å². The molecule has 0 bridgehead atoms. The van der Waals surface area contributed by atoms with Crippen LogP contribution in [0, 0.1) is 0 Å². The van der Waals surface area contributed by atoms with Crippen LogP contribution in [0.15, 0.2) is 30.3 Å². The van der Waals surface area contributed by atoms with Gasteiger partial charge >= 0.3 is 0 Å². The fourth-order valence-corrected chi connectivity index (χ4v) is 2.76. The van der Waals surface area contributed by atoms with Crippen molar-refractivity contribution in [3.8, 4) is 0 Å². The van der Waals surface area contributed by atoms with Crippen LogP contribution in [0.2, 0.25) is 20.1 Å². The summed E-state index contributed by atoms with van der Waals surface area (Å²) in [5, 5.41) is 1.92. The third-order valence-electron chi connectivity index (χ3n) is 3.14. The first-order valence-corrected chi connectivity index (χ1v) is 7.51. The van der Waals surface area contributed by atoms with Crippen LogP contribution < -0.4 is 5.73 Å². The molecule has 0 atom stereocenters. The van der Waals surface area contributed by atoms with Gasteiger partial charge in [-0.25, -0.2) is 4.98 Å². The Hall–Kier alpha value is -1.13. The predicted molar refractivity (Wildman–Crippen MR) is 89.7 cm³/mol. The third kappa shape index (κ3) is 2.79. The minimum absolute atomic E-state index is 0.384. The molecule has 0 aliphatic heterocycles. The highest BCUT2D eigenvalue weighted by Gasteiger charge is 2.12. The first-order chi connectivity index (χ1) is 9.95. The minimum atomic E-state index is 0.384. The summed E-state index contributed by atoms with van der Waals surface area (Å²) in [6.45, 7) is 0.511. The summed E-state index contributed by atoms with van der Waals surface area (Å²) in [6, 6.07) is 8.88. The van der Waals surface area contributed by atoms with Gasteiger partial charge in [0.25, 0.3) is 0 Å². The molecule has 0 saturated heterocycles. The molecule has 2 aromatic carbocycles. The van der Waals surface area contributed by atoms with E-state index < -0.39 is 0 Å². The molecule has 7 heteroatoms. The van der Waals surface area contributed by atoms with Gasteiger partial charge in [-0.15, -0.1) is 0 Å². The van der Waals surface area contributed by atoms with Gasteiger partial charge in [0.15, 0.2) is 0 Å². The van der Waals surface area contributed by atoms with Crippen molar-refractivity contribution in [1.29, 1.82) is 0 Å². The molecule has 1 heterocycles. The monoisotopic (exact) mass is 359 g/mol. The van der Waals surface area contributed by atoms with E-state index in [1.54, 1.807) is 24.3 Å². The Balaban J connectivity index is 2.09. The largest absolute Gasteiger partial charge is 0.369 e. The maximum Gasteiger partial charge on any atom is 0.201 e. The molecular formula is C14H9Cl4N3. The summed E-state index contributed by atoms with van der Waals surface area (Å²) in [7, 11) is 0. The van der Waals surface area contributed by atoms with Gasteiger partial charge in [-0.3, -0.25) is 0 Å². The normalized spacial score (nSPS) is 11.2. The smallest absolute Gasteiger partial charge is 0.201 e. The summed E-state index contributed by atoms with van der Waals surface area (Å²) >= 11 is 24.0. The highest BCUT2D eigenvalue weighted by atomic mass is 35.5. The SMILES string of the molecule is Nc1nc2cc(Cl)c(Cl)cc2n1Cc1ccc(Cl)c(Cl)c1. The van der Waals surface area contributed by atoms with Crippen LogP contribution >= 0.6 is 46.4 Å². The molecule has 0 spiro atoms. The second-order valence-electron chi connectivity index (χ2n) is 4.56. The van der Waals surface area contributed by atoms with Crippen LogP contribution in [0.5, 0.6) is 0 Å². The lowest BCUT2D eigenvalue weighted by molar-refractivity contribution is 0.838. The second kappa shape index (κ2) is 5.58. The Kier molecular flexibility index (Phi) is 3.93. The second-order valence-corrected chi connectivity index (χ2v) is 6.19. The highest BCUT2D eigenvalue weighted by molar-refractivity contribution is 6.43. The fraction of sp³-hybridized carbons (Fsp3) is 0.0714. The van der Waals surface area contributed by atoms with Crippen LogP contribution in [-0.4, -0.2) is 9.55 Å². The van der Waals surface area contributed by atoms with E-state index in [-0.39, 0.29) is 0 Å². The molecule has 0 saturated carbocycles. The van der Waals surface area contributed by atoms with E-state index in [1.165, 1.54) is 0 Å². The van der Waals surface area contributed by atoms with Gasteiger partial charge in [0.05, 0.1) is 37.7 Å². The van der Waals surface area contributed by atoms with Crippen molar-refractivity contribution in [2.24, 2.45) is 0 Å². The highest BCUT2D eigenvalue weighted by Crippen LogP contribution is 2.30. The number of hydrogen-bond acceptors (Lipinski definition) is 2. The average molecular weight is 361 g/mol. The Morgan fingerprint density at radius 3 is 2.29 bits per heavy atom. The molecule has 3 nitrogen and oxygen atoms in total. The number of rotatable bonds is 2. The first kappa shape index (κ1) is 14.8. The number of nitrogens with two attached hydrogens (primary N) is 1. The number of hydrogen-bond donors (Lipinski definition) is 1. The molecule has 0 aliphatic rings. The topological polar surface area (TPSA) is 43.8 Å². The van der Waals surface area contributed by atoms with Gasteiger partial charge in [0, 0.05) is 0 Å². The summed E-state index contributed by atoms with van der Waals surface area (Å²) in [6.07, 6.45) is 0. The Morgan fingerprint density at radius 2 is 1.57 bits per heavy atom. The number of nitrogens with zero attached hydrogens (tertiary/aromatic N) is 2. The zero-order chi connectivity index (χ0) is 15.1. The number of aromatic nitrogens is 2. The molecule has 21 heavy (non-hydrogen) atoms. The zero-order valence-electron chi connectivity index (χ0n) is 10.6. The van der Waals surface area contributed by atoms with Crippen LogP contribution in [0.3, 0.4) is 0 Å². The molecular weight excluding hydrogens is 352 g/mol. The Labute approximate surface area is 141 Å². The van der Waals surface area contributed by atoms with E-state index in [0.29, 0.717) is 38.1 Å². The number of imidazole rings is 1. The van der Waals surface area contributed by atoms with Gasteiger partial charge in [-0.2, -0.15) is 0 Å². The zero-order valence-corrected chi connectivity index (χ0v) is 13.6. The molecule has 108 valence electrons. The van der Waals surface area contributed by atoms with Gasteiger partial charge < -0.3 is 10.3 Å². The van der Waals surface area contributed by atoms with Crippen molar-refractivity contribution < 1.29 is 0 Å². The molecule has 0 aliphatic carbocycles. The third-order valence-corrected chi connectivity index (χ3v) is 4.61. The fourth-order valence-electron chi connectivity index (χ4n) is 2.13. The number of nitrogen functional groups attached to an aromatic ring is 1. The summed E-state index contributed by atoms with van der Waals surface area (Å²) < 4.78 is 1.84. The standard InChI is InChI=1S/C14H9Cl4N3/c15-8-2-1-7(3-9(8)16)6-21-13-5-11(18)10(17)4-12(13)20-14(21)19/h1-5H,6H2,(H2,19,20). The van der Waals surface area contributed by atoms with Crippen molar-refractivity contribution in [2.45, 2.75) is 6.54 Å². The number of halogens is 4. The molecule has 0 radical (unpaired) electrons. The van der Waals surface area contributed by atoms with Gasteiger partial charge in [-0.05, 0) is 29.8 Å². The summed E-state index contributed by atoms with van der Waals surface area (Å²) in [4.78, 5) is 4.29. The maximum atomic E-state index is 6.07. The summed E-state index contributed by atoms with van der Waals surface area (Å²) in [5.41, 5.74) is 8.44. The quantitative estimate of drug-likeness (QED) is 0.675. The lowest BCUT2D eigenvalue weighted by Crippen LogP contribution is -2.04. The van der Waals surface area contributed by atoms with E-state index in [9.17, 15) is 0 Å². The van der Waals surface area contributed by atoms with Crippen molar-refractivity contribution in [3.63, 3.8) is 0 Å². The predicted octanol–water partition coefficient (Wildman–Crippen LogP) is 5.28. The van der Waals surface area contributed by atoms with E-state index in [2.05, 4.69) is 4.98 Å². The van der Waals surface area contributed by atoms with Crippen molar-refractivity contribution in [1.82, 2.24) is 9.55 Å². The number of anilines is 1. The number of benzene rings is 2. The Morgan fingerprint density at radius 1 is 0.905 bits per heavy atom. The Bertz CT molecular complexity index is 842. The van der Waals surface area contributed by atoms with Crippen LogP contribution in [0.4, 0.5) is 5.95 Å². The molecule has 2 N–H and O–H groups in total.